The quantitative estimate of drug-likeness (QED) is 0.886. The van der Waals surface area contributed by atoms with E-state index in [-0.39, 0.29) is 23.8 Å². The van der Waals surface area contributed by atoms with Crippen LogP contribution in [0, 0.1) is 19.8 Å². The number of aryl methyl sites for hydroxylation is 2. The van der Waals surface area contributed by atoms with Crippen LogP contribution in [0.25, 0.3) is 0 Å². The Labute approximate surface area is 151 Å². The van der Waals surface area contributed by atoms with Gasteiger partial charge in [0.25, 0.3) is 0 Å². The zero-order chi connectivity index (χ0) is 18.8. The van der Waals surface area contributed by atoms with Crippen LogP contribution >= 0.6 is 0 Å². The van der Waals surface area contributed by atoms with Crippen molar-refractivity contribution in [3.05, 3.63) is 59.2 Å². The van der Waals surface area contributed by atoms with Crippen LogP contribution in [-0.2, 0) is 9.59 Å². The molecular formula is C20H20N2O4. The maximum Gasteiger partial charge on any atom is 0.335 e. The van der Waals surface area contributed by atoms with Gasteiger partial charge in [0.2, 0.25) is 11.8 Å². The van der Waals surface area contributed by atoms with Crippen molar-refractivity contribution in [2.45, 2.75) is 20.3 Å². The molecule has 2 amide bonds. The van der Waals surface area contributed by atoms with Crippen LogP contribution in [0.4, 0.5) is 11.4 Å². The zero-order valence-electron chi connectivity index (χ0n) is 14.7. The summed E-state index contributed by atoms with van der Waals surface area (Å²) in [7, 11) is 0. The SMILES string of the molecule is Cc1cc(C)cc(N2C[C@H](C(=O)Nc3ccc(C(=O)O)cc3)CC2=O)c1. The number of nitrogens with zero attached hydrogens (tertiary/aromatic N) is 1. The average Bonchev–Trinajstić information content (AvgIpc) is 2.96. The number of aromatic carboxylic acids is 1. The highest BCUT2D eigenvalue weighted by atomic mass is 16.4. The van der Waals surface area contributed by atoms with Crippen molar-refractivity contribution in [1.82, 2.24) is 0 Å². The molecule has 134 valence electrons. The van der Waals surface area contributed by atoms with Crippen LogP contribution in [0.3, 0.4) is 0 Å². The number of amides is 2. The number of hydrogen-bond acceptors (Lipinski definition) is 3. The Balaban J connectivity index is 1.69. The normalized spacial score (nSPS) is 16.6. The van der Waals surface area contributed by atoms with E-state index in [2.05, 4.69) is 5.32 Å². The van der Waals surface area contributed by atoms with Crippen molar-refractivity contribution >= 4 is 29.2 Å². The summed E-state index contributed by atoms with van der Waals surface area (Å²) in [4.78, 5) is 37.4. The molecule has 6 heteroatoms. The molecule has 6 nitrogen and oxygen atoms in total. The fraction of sp³-hybridized carbons (Fsp3) is 0.250. The van der Waals surface area contributed by atoms with Gasteiger partial charge in [-0.2, -0.15) is 0 Å². The molecule has 1 aliphatic heterocycles. The molecule has 0 radical (unpaired) electrons. The lowest BCUT2D eigenvalue weighted by Gasteiger charge is -2.18. The number of carbonyl (C=O) groups excluding carboxylic acids is 2. The van der Waals surface area contributed by atoms with Gasteiger partial charge >= 0.3 is 5.97 Å². The van der Waals surface area contributed by atoms with Crippen LogP contribution in [-0.4, -0.2) is 29.4 Å². The van der Waals surface area contributed by atoms with E-state index < -0.39 is 11.9 Å². The van der Waals surface area contributed by atoms with E-state index in [0.29, 0.717) is 12.2 Å². The first-order valence-corrected chi connectivity index (χ1v) is 8.36. The molecule has 0 spiro atoms. The fourth-order valence-corrected chi connectivity index (χ4v) is 3.18. The minimum Gasteiger partial charge on any atom is -0.478 e. The third-order valence-corrected chi connectivity index (χ3v) is 4.41. The van der Waals surface area contributed by atoms with Gasteiger partial charge in [-0.3, -0.25) is 9.59 Å². The van der Waals surface area contributed by atoms with E-state index in [1.165, 1.54) is 12.1 Å². The van der Waals surface area contributed by atoms with Crippen molar-refractivity contribution < 1.29 is 19.5 Å². The Morgan fingerprint density at radius 1 is 1.08 bits per heavy atom. The molecular weight excluding hydrogens is 332 g/mol. The van der Waals surface area contributed by atoms with Gasteiger partial charge in [-0.05, 0) is 61.4 Å². The topological polar surface area (TPSA) is 86.7 Å². The van der Waals surface area contributed by atoms with Gasteiger partial charge in [0, 0.05) is 24.3 Å². The highest BCUT2D eigenvalue weighted by Crippen LogP contribution is 2.27. The van der Waals surface area contributed by atoms with Gasteiger partial charge in [0.1, 0.15) is 0 Å². The molecule has 26 heavy (non-hydrogen) atoms. The van der Waals surface area contributed by atoms with Crippen LogP contribution in [0.15, 0.2) is 42.5 Å². The Kier molecular flexibility index (Phi) is 4.75. The molecule has 0 bridgehead atoms. The summed E-state index contributed by atoms with van der Waals surface area (Å²) in [6.45, 7) is 4.28. The predicted octanol–water partition coefficient (Wildman–Crippen LogP) is 2.99. The van der Waals surface area contributed by atoms with Gasteiger partial charge in [0.05, 0.1) is 11.5 Å². The fourth-order valence-electron chi connectivity index (χ4n) is 3.18. The second kappa shape index (κ2) is 7.00. The predicted molar refractivity (Wildman–Crippen MR) is 98.4 cm³/mol. The third-order valence-electron chi connectivity index (χ3n) is 4.41. The summed E-state index contributed by atoms with van der Waals surface area (Å²) >= 11 is 0. The molecule has 1 saturated heterocycles. The lowest BCUT2D eigenvalue weighted by atomic mass is 10.1. The van der Waals surface area contributed by atoms with Crippen molar-refractivity contribution in [2.75, 3.05) is 16.8 Å². The van der Waals surface area contributed by atoms with Gasteiger partial charge in [-0.25, -0.2) is 4.79 Å². The minimum absolute atomic E-state index is 0.0728. The number of carbonyl (C=O) groups is 3. The van der Waals surface area contributed by atoms with E-state index in [0.717, 1.165) is 16.8 Å². The second-order valence-corrected chi connectivity index (χ2v) is 6.62. The molecule has 0 saturated carbocycles. The van der Waals surface area contributed by atoms with E-state index in [4.69, 9.17) is 5.11 Å². The van der Waals surface area contributed by atoms with Crippen molar-refractivity contribution in [2.24, 2.45) is 5.92 Å². The van der Waals surface area contributed by atoms with Gasteiger partial charge in [0.15, 0.2) is 0 Å². The van der Waals surface area contributed by atoms with Crippen LogP contribution in [0.2, 0.25) is 0 Å². The molecule has 2 aromatic rings. The summed E-state index contributed by atoms with van der Waals surface area (Å²) in [5, 5.41) is 11.7. The molecule has 3 rings (SSSR count). The Bertz CT molecular complexity index is 854. The van der Waals surface area contributed by atoms with E-state index in [1.54, 1.807) is 17.0 Å². The van der Waals surface area contributed by atoms with E-state index >= 15 is 0 Å². The van der Waals surface area contributed by atoms with Crippen LogP contribution < -0.4 is 10.2 Å². The van der Waals surface area contributed by atoms with Crippen molar-refractivity contribution in [3.8, 4) is 0 Å². The molecule has 2 N–H and O–H groups in total. The van der Waals surface area contributed by atoms with Gasteiger partial charge < -0.3 is 15.3 Å². The Morgan fingerprint density at radius 3 is 2.27 bits per heavy atom. The maximum absolute atomic E-state index is 12.5. The van der Waals surface area contributed by atoms with Crippen molar-refractivity contribution in [3.63, 3.8) is 0 Å². The number of benzene rings is 2. The smallest absolute Gasteiger partial charge is 0.335 e. The maximum atomic E-state index is 12.5. The molecule has 2 aromatic carbocycles. The average molecular weight is 352 g/mol. The highest BCUT2D eigenvalue weighted by Gasteiger charge is 2.35. The number of anilines is 2. The molecule has 1 heterocycles. The number of hydrogen-bond donors (Lipinski definition) is 2. The molecule has 0 aromatic heterocycles. The third kappa shape index (κ3) is 3.74. The zero-order valence-corrected chi connectivity index (χ0v) is 14.7. The molecule has 1 fully saturated rings. The van der Waals surface area contributed by atoms with Gasteiger partial charge in [-0.15, -0.1) is 0 Å². The summed E-state index contributed by atoms with van der Waals surface area (Å²) in [5.74, 6) is -1.78. The largest absolute Gasteiger partial charge is 0.478 e. The standard InChI is InChI=1S/C20H20N2O4/c1-12-7-13(2)9-17(8-12)22-11-15(10-18(22)23)19(24)21-16-5-3-14(4-6-16)20(25)26/h3-9,15H,10-11H2,1-2H3,(H,21,24)(H,25,26)/t15-/m1/s1. The van der Waals surface area contributed by atoms with E-state index in [1.807, 2.05) is 32.0 Å². The summed E-state index contributed by atoms with van der Waals surface area (Å²) in [6.07, 6.45) is 0.159. The Hall–Kier alpha value is -3.15. The van der Waals surface area contributed by atoms with E-state index in [9.17, 15) is 14.4 Å². The van der Waals surface area contributed by atoms with Crippen molar-refractivity contribution in [1.29, 1.82) is 0 Å². The number of rotatable bonds is 4. The number of carboxylic acid groups (broad SMARTS) is 1. The first-order chi connectivity index (χ1) is 12.3. The first kappa shape index (κ1) is 17.7. The summed E-state index contributed by atoms with van der Waals surface area (Å²) in [5.41, 5.74) is 3.62. The summed E-state index contributed by atoms with van der Waals surface area (Å²) < 4.78 is 0. The molecule has 0 unspecified atom stereocenters. The number of nitrogens with one attached hydrogen (secondary N) is 1. The van der Waals surface area contributed by atoms with Crippen LogP contribution in [0.1, 0.15) is 27.9 Å². The molecule has 1 atom stereocenters. The molecule has 1 aliphatic rings. The Morgan fingerprint density at radius 2 is 1.69 bits per heavy atom. The monoisotopic (exact) mass is 352 g/mol. The first-order valence-electron chi connectivity index (χ1n) is 8.36. The summed E-state index contributed by atoms with van der Waals surface area (Å²) in [6, 6.07) is 11.9. The minimum atomic E-state index is -1.02. The highest BCUT2D eigenvalue weighted by molar-refractivity contribution is 6.03. The second-order valence-electron chi connectivity index (χ2n) is 6.62. The van der Waals surface area contributed by atoms with Gasteiger partial charge in [-0.1, -0.05) is 6.07 Å². The molecule has 0 aliphatic carbocycles. The lowest BCUT2D eigenvalue weighted by molar-refractivity contribution is -0.122. The lowest BCUT2D eigenvalue weighted by Crippen LogP contribution is -2.28. The van der Waals surface area contributed by atoms with Crippen LogP contribution in [0.5, 0.6) is 0 Å². The number of carboxylic acids is 1.